The van der Waals surface area contributed by atoms with Gasteiger partial charge in [-0.25, -0.2) is 15.4 Å². The number of carbonyl (C=O) groups is 1. The summed E-state index contributed by atoms with van der Waals surface area (Å²) in [5.74, 6) is 0.0632. The first kappa shape index (κ1) is 17.4. The summed E-state index contributed by atoms with van der Waals surface area (Å²) in [6.07, 6.45) is 6.47. The Balaban J connectivity index is 1.33. The number of hydrogen-bond donors (Lipinski definition) is 2. The zero-order chi connectivity index (χ0) is 18.0. The zero-order valence-corrected chi connectivity index (χ0v) is 15.4. The summed E-state index contributed by atoms with van der Waals surface area (Å²) in [4.78, 5) is 24.7. The van der Waals surface area contributed by atoms with Crippen LogP contribution in [0.2, 0.25) is 0 Å². The number of rotatable bonds is 4. The van der Waals surface area contributed by atoms with Gasteiger partial charge in [-0.05, 0) is 53.6 Å². The summed E-state index contributed by atoms with van der Waals surface area (Å²) in [5, 5.41) is 13.0. The Bertz CT molecular complexity index is 741. The number of anilines is 1. The normalized spacial score (nSPS) is 19.8. The van der Waals surface area contributed by atoms with Gasteiger partial charge in [0.15, 0.2) is 0 Å². The highest BCUT2D eigenvalue weighted by molar-refractivity contribution is 7.07. The van der Waals surface area contributed by atoms with Gasteiger partial charge in [-0.2, -0.15) is 11.3 Å². The molecule has 2 N–H and O–H groups in total. The molecule has 2 fully saturated rings. The van der Waals surface area contributed by atoms with Gasteiger partial charge in [0.05, 0.1) is 5.56 Å². The van der Waals surface area contributed by atoms with Gasteiger partial charge in [0.25, 0.3) is 5.91 Å². The molecule has 8 heteroatoms. The number of carbonyl (C=O) groups excluding carboxylic acids is 1. The number of nitrogens with one attached hydrogen (secondary N) is 1. The molecule has 2 saturated heterocycles. The van der Waals surface area contributed by atoms with Crippen molar-refractivity contribution in [3.8, 4) is 0 Å². The van der Waals surface area contributed by atoms with Gasteiger partial charge in [0.2, 0.25) is 5.95 Å². The van der Waals surface area contributed by atoms with Crippen molar-refractivity contribution in [3.05, 3.63) is 40.3 Å². The minimum absolute atomic E-state index is 0.254. The molecule has 138 valence electrons. The van der Waals surface area contributed by atoms with Crippen LogP contribution in [-0.4, -0.2) is 52.2 Å². The number of nitrogens with zero attached hydrogens (tertiary/aromatic N) is 4. The fraction of sp³-hybridized carbons (Fsp3) is 0.500. The van der Waals surface area contributed by atoms with Gasteiger partial charge in [0, 0.05) is 38.6 Å². The van der Waals surface area contributed by atoms with E-state index in [1.54, 1.807) is 16.8 Å². The quantitative estimate of drug-likeness (QED) is 0.631. The van der Waals surface area contributed by atoms with Crippen molar-refractivity contribution >= 4 is 23.2 Å². The van der Waals surface area contributed by atoms with Crippen LogP contribution in [-0.2, 0) is 6.54 Å². The van der Waals surface area contributed by atoms with Crippen molar-refractivity contribution in [2.24, 2.45) is 5.41 Å². The van der Waals surface area contributed by atoms with E-state index in [0.717, 1.165) is 32.5 Å². The molecule has 0 bridgehead atoms. The summed E-state index contributed by atoms with van der Waals surface area (Å²) in [7, 11) is 0. The van der Waals surface area contributed by atoms with Crippen molar-refractivity contribution in [2.45, 2.75) is 25.8 Å². The summed E-state index contributed by atoms with van der Waals surface area (Å²) < 4.78 is 0. The average molecular weight is 373 g/mol. The third-order valence-corrected chi connectivity index (χ3v) is 6.34. The van der Waals surface area contributed by atoms with Crippen LogP contribution in [0.4, 0.5) is 5.95 Å². The van der Waals surface area contributed by atoms with Crippen LogP contribution in [0.15, 0.2) is 29.2 Å². The second-order valence-electron chi connectivity index (χ2n) is 7.29. The van der Waals surface area contributed by atoms with Crippen molar-refractivity contribution in [1.29, 1.82) is 0 Å². The van der Waals surface area contributed by atoms with Crippen LogP contribution in [0.3, 0.4) is 0 Å². The first-order valence-corrected chi connectivity index (χ1v) is 9.87. The lowest BCUT2D eigenvalue weighted by Gasteiger charge is -2.39. The maximum Gasteiger partial charge on any atom is 0.277 e. The molecule has 0 radical (unpaired) electrons. The number of aromatic nitrogens is 2. The van der Waals surface area contributed by atoms with Crippen molar-refractivity contribution < 1.29 is 10.0 Å². The highest BCUT2D eigenvalue weighted by Gasteiger charge is 2.40. The lowest BCUT2D eigenvalue weighted by atomic mass is 9.78. The zero-order valence-electron chi connectivity index (χ0n) is 14.6. The molecule has 0 saturated carbocycles. The summed E-state index contributed by atoms with van der Waals surface area (Å²) >= 11 is 1.77. The first-order chi connectivity index (χ1) is 12.7. The minimum Gasteiger partial charge on any atom is -0.341 e. The second kappa shape index (κ2) is 7.30. The fourth-order valence-electron chi connectivity index (χ4n) is 4.06. The summed E-state index contributed by atoms with van der Waals surface area (Å²) in [6.45, 7) is 5.30. The lowest BCUT2D eigenvalue weighted by molar-refractivity contribution is 0.0705. The lowest BCUT2D eigenvalue weighted by Crippen LogP contribution is -2.42. The third kappa shape index (κ3) is 3.58. The molecular weight excluding hydrogens is 350 g/mol. The molecule has 1 spiro atoms. The van der Waals surface area contributed by atoms with Crippen LogP contribution in [0.5, 0.6) is 0 Å². The van der Waals surface area contributed by atoms with Crippen LogP contribution in [0.1, 0.15) is 35.2 Å². The average Bonchev–Trinajstić information content (AvgIpc) is 3.33. The van der Waals surface area contributed by atoms with E-state index in [4.69, 9.17) is 5.21 Å². The van der Waals surface area contributed by atoms with Crippen molar-refractivity contribution in [1.82, 2.24) is 20.3 Å². The smallest absolute Gasteiger partial charge is 0.277 e. The molecule has 2 aliphatic rings. The standard InChI is InChI=1S/C18H23N5O2S/c24-16(21-25)15-9-19-17(20-10-15)23-6-3-18(4-7-23)2-5-22(13-18)11-14-1-8-26-12-14/h1,8-10,12,25H,2-7,11,13H2,(H,21,24). The third-order valence-electron chi connectivity index (χ3n) is 5.61. The maximum atomic E-state index is 11.4. The van der Waals surface area contributed by atoms with E-state index >= 15 is 0 Å². The molecule has 4 heterocycles. The Kier molecular flexibility index (Phi) is 4.88. The van der Waals surface area contributed by atoms with Gasteiger partial charge in [0.1, 0.15) is 0 Å². The molecule has 26 heavy (non-hydrogen) atoms. The molecule has 4 rings (SSSR count). The second-order valence-corrected chi connectivity index (χ2v) is 8.07. The fourth-order valence-corrected chi connectivity index (χ4v) is 4.72. The van der Waals surface area contributed by atoms with E-state index in [9.17, 15) is 4.79 Å². The monoisotopic (exact) mass is 373 g/mol. The van der Waals surface area contributed by atoms with Gasteiger partial charge in [-0.15, -0.1) is 0 Å². The number of amides is 1. The van der Waals surface area contributed by atoms with E-state index in [1.807, 2.05) is 0 Å². The summed E-state index contributed by atoms with van der Waals surface area (Å²) in [6, 6.07) is 2.22. The highest BCUT2D eigenvalue weighted by Crippen LogP contribution is 2.41. The van der Waals surface area contributed by atoms with Gasteiger partial charge in [-0.3, -0.25) is 14.9 Å². The molecule has 2 aromatic heterocycles. The van der Waals surface area contributed by atoms with Crippen LogP contribution in [0.25, 0.3) is 0 Å². The van der Waals surface area contributed by atoms with E-state index in [2.05, 4.69) is 36.6 Å². The largest absolute Gasteiger partial charge is 0.341 e. The predicted octanol–water partition coefficient (Wildman–Crippen LogP) is 2.15. The molecule has 2 aliphatic heterocycles. The Hall–Kier alpha value is -2.03. The first-order valence-electron chi connectivity index (χ1n) is 8.92. The van der Waals surface area contributed by atoms with Crippen molar-refractivity contribution in [2.75, 3.05) is 31.1 Å². The molecule has 1 amide bonds. The number of hydroxylamine groups is 1. The Morgan fingerprint density at radius 3 is 2.62 bits per heavy atom. The van der Waals surface area contributed by atoms with E-state index in [1.165, 1.54) is 37.5 Å². The van der Waals surface area contributed by atoms with E-state index in [0.29, 0.717) is 11.4 Å². The molecule has 0 aromatic carbocycles. The van der Waals surface area contributed by atoms with Crippen molar-refractivity contribution in [3.63, 3.8) is 0 Å². The van der Waals surface area contributed by atoms with Gasteiger partial charge in [-0.1, -0.05) is 0 Å². The molecule has 2 aromatic rings. The Morgan fingerprint density at radius 2 is 1.96 bits per heavy atom. The summed E-state index contributed by atoms with van der Waals surface area (Å²) in [5.41, 5.74) is 3.69. The van der Waals surface area contributed by atoms with Crippen LogP contribution in [0, 0.1) is 5.41 Å². The van der Waals surface area contributed by atoms with Gasteiger partial charge < -0.3 is 4.90 Å². The minimum atomic E-state index is -0.592. The number of hydrogen-bond acceptors (Lipinski definition) is 7. The molecule has 0 aliphatic carbocycles. The van der Waals surface area contributed by atoms with Crippen LogP contribution >= 0.6 is 11.3 Å². The number of piperidine rings is 1. The number of thiophene rings is 1. The number of likely N-dealkylation sites (tertiary alicyclic amines) is 1. The Morgan fingerprint density at radius 1 is 1.23 bits per heavy atom. The predicted molar refractivity (Wildman–Crippen MR) is 99.4 cm³/mol. The topological polar surface area (TPSA) is 81.6 Å². The molecule has 0 unspecified atom stereocenters. The molecule has 0 atom stereocenters. The Labute approximate surface area is 156 Å². The van der Waals surface area contributed by atoms with Crippen LogP contribution < -0.4 is 10.4 Å². The SMILES string of the molecule is O=C(NO)c1cnc(N2CCC3(CCN(Cc4ccsc4)C3)CC2)nc1. The van der Waals surface area contributed by atoms with E-state index < -0.39 is 5.91 Å². The van der Waals surface area contributed by atoms with Gasteiger partial charge >= 0.3 is 0 Å². The van der Waals surface area contributed by atoms with E-state index in [-0.39, 0.29) is 5.56 Å². The highest BCUT2D eigenvalue weighted by atomic mass is 32.1. The molecular formula is C18H23N5O2S. The molecule has 7 nitrogen and oxygen atoms in total. The maximum absolute atomic E-state index is 11.4.